The molecule has 7 amide bonds. The van der Waals surface area contributed by atoms with Crippen molar-refractivity contribution < 1.29 is 99.8 Å². The van der Waals surface area contributed by atoms with Crippen molar-refractivity contribution in [2.75, 3.05) is 156 Å². The van der Waals surface area contributed by atoms with E-state index in [4.69, 9.17) is 80.8 Å². The minimum Gasteiger partial charge on any atom is -0.381 e. The Hall–Kier alpha value is -13.1. The van der Waals surface area contributed by atoms with E-state index in [0.717, 1.165) is 55.4 Å². The molecule has 8 saturated heterocycles. The molecule has 8 fully saturated rings. The number of halogens is 18. The minimum absolute atomic E-state index is 0.00219. The number of ketones is 1. The second-order valence-corrected chi connectivity index (χ2v) is 37.6. The number of hydrogen-bond donors (Lipinski definition) is 10. The number of Topliss-reactive ketones (excluding diaryl/α,β-unsaturated/α-hetero) is 1. The zero-order chi connectivity index (χ0) is 105. The number of benzene rings is 4. The molecule has 8 aliphatic heterocycles. The van der Waals surface area contributed by atoms with Crippen molar-refractivity contribution >= 4 is 163 Å². The fourth-order valence-electron chi connectivity index (χ4n) is 19.5. The maximum absolute atomic E-state index is 14.7. The second kappa shape index (κ2) is 45.9. The van der Waals surface area contributed by atoms with Crippen LogP contribution in [0.15, 0.2) is 98.1 Å². The van der Waals surface area contributed by atoms with Crippen LogP contribution in [0, 0.1) is 52.8 Å². The van der Waals surface area contributed by atoms with E-state index >= 15 is 0 Å². The number of nitrogens with one attached hydrogen (secondary N) is 4. The van der Waals surface area contributed by atoms with Crippen LogP contribution in [0.3, 0.4) is 0 Å². The largest absolute Gasteiger partial charge is 0.416 e. The molecule has 0 radical (unpaired) electrons. The van der Waals surface area contributed by atoms with Crippen molar-refractivity contribution in [1.29, 1.82) is 0 Å². The number of aromatic nitrogens is 8. The standard InChI is InChI=1S/C24H28ClF4N7O2.C24H27ClF4N6O2.C22H24ClF4N7O2.C21H24ClF2N7O2/c1-34(2)22(37)16-5-7-35(21-19(26)20(30)31-12-32-21)11-18(16)36-6-3-4-17(23(36)38)33-15-9-13(24(27,28)29)8-14(25)10-15;1-2-19(36)16-5-7-34(22-20(26)21(30)31-12-32-22)11-18(16)35-6-3-4-17(23(35)37)33-15-9-13(24(27,28)29)8-14(25)10-15;23-12-6-11(22(25,26)27)7-13(8-12)32-15-2-1-4-34(21(15)36)16-9-33(5-3-14(16)19(29)35)20-17(24)18(28)30-10-31-20;22-11-6-12(23)8-13(7-11)29-15-2-1-4-31(21(15)33)16-9-30(5-3-14(16)19(26)32)20-17(24)18(25)27-10-28-20/h8-10,12,16-18,33H,3-7,11H2,1-2H3,(H2,30,31,32);8-10,12,16-18,33H,2-7,11H2,1H3,(H2,30,31,32);6-8,10,14-16,32H,1-5,9H2,(H2,29,35)(H2,28,30,31);6-8,10,14-16,29H,1-5,9H2,(H2,26,32)(H2,25,27,28)/t2*16-,17+,18-;2*14-,15+,16-/m0000/s1. The van der Waals surface area contributed by atoms with Crippen LogP contribution in [0.25, 0.3) is 0 Å². The summed E-state index contributed by atoms with van der Waals surface area (Å²) in [6, 6.07) is 7.45. The molecule has 0 bridgehead atoms. The number of nitrogens with two attached hydrogens (primary N) is 6. The normalized spacial score (nSPS) is 22.9. The Bertz CT molecular complexity index is 6040. The Kier molecular flexibility index (Phi) is 34.5. The van der Waals surface area contributed by atoms with Gasteiger partial charge in [-0.25, -0.2) is 44.3 Å². The van der Waals surface area contributed by atoms with Gasteiger partial charge in [-0.05, 0) is 150 Å². The molecule has 16 rings (SSSR count). The first-order valence-corrected chi connectivity index (χ1v) is 47.3. The SMILES string of the molecule is CCC(=O)[C@H]1CCN(c2ncnc(N)c2F)C[C@@H]1N1CCC[C@@H](Nc2cc(Cl)cc(C(F)(F)F)c2)C1=O.CN(C)C(=O)[C@H]1CCN(c2ncnc(N)c2F)C[C@@H]1N1CCC[C@@H](Nc2cc(Cl)cc(C(F)(F)F)c2)C1=O.NC(=O)[C@H]1CCN(c2ncnc(N)c2F)C[C@@H]1N1CCC[C@@H](Nc2cc(Cl)cc(C(F)(F)F)c2)C1=O.NC(=O)[C@H]1CCN(c2ncnc(N)c2F)C[C@@H]1N1CCC[C@@H](Nc2cc(F)cc(Cl)c2)C1=O. The van der Waals surface area contributed by atoms with Gasteiger partial charge in [0, 0.05) is 148 Å². The van der Waals surface area contributed by atoms with E-state index in [0.29, 0.717) is 122 Å². The predicted molar refractivity (Wildman–Crippen MR) is 509 cm³/mol. The Morgan fingerprint density at radius 3 is 0.868 bits per heavy atom. The summed E-state index contributed by atoms with van der Waals surface area (Å²) in [4.78, 5) is 149. The number of piperidine rings is 8. The first-order valence-electron chi connectivity index (χ1n) is 45.8. The molecule has 0 spiro atoms. The highest BCUT2D eigenvalue weighted by molar-refractivity contribution is 6.32. The Morgan fingerprint density at radius 2 is 0.611 bits per heavy atom. The highest BCUT2D eigenvalue weighted by Crippen LogP contribution is 2.43. The van der Waals surface area contributed by atoms with Gasteiger partial charge in [0.2, 0.25) is 64.6 Å². The number of carbonyl (C=O) groups excluding carboxylic acids is 8. The van der Waals surface area contributed by atoms with Crippen LogP contribution in [0.2, 0.25) is 20.1 Å². The molecule has 8 aromatic rings. The molecule has 4 aromatic heterocycles. The molecule has 4 aromatic carbocycles. The third-order valence-electron chi connectivity index (χ3n) is 26.4. The third-order valence-corrected chi connectivity index (χ3v) is 27.2. The molecule has 12 atom stereocenters. The minimum atomic E-state index is -4.61. The summed E-state index contributed by atoms with van der Waals surface area (Å²) in [6.07, 6.45) is -3.72. The van der Waals surface area contributed by atoms with Gasteiger partial charge in [-0.3, -0.25) is 38.4 Å². The Labute approximate surface area is 835 Å². The maximum Gasteiger partial charge on any atom is 0.416 e. The van der Waals surface area contributed by atoms with Gasteiger partial charge in [0.1, 0.15) is 61.1 Å². The summed E-state index contributed by atoms with van der Waals surface area (Å²) in [7, 11) is 3.24. The molecule has 8 aliphatic rings. The molecule has 35 nitrogen and oxygen atoms in total. The van der Waals surface area contributed by atoms with E-state index < -0.39 is 154 Å². The van der Waals surface area contributed by atoms with Crippen molar-refractivity contribution in [3.8, 4) is 0 Å². The number of alkyl halides is 9. The first-order chi connectivity index (χ1) is 68.0. The Morgan fingerprint density at radius 1 is 0.361 bits per heavy atom. The van der Waals surface area contributed by atoms with Gasteiger partial charge in [0.25, 0.3) is 0 Å². The summed E-state index contributed by atoms with van der Waals surface area (Å²) < 4.78 is 191. The van der Waals surface area contributed by atoms with Crippen LogP contribution < -0.4 is 75.3 Å². The summed E-state index contributed by atoms with van der Waals surface area (Å²) >= 11 is 23.6. The summed E-state index contributed by atoms with van der Waals surface area (Å²) in [5.41, 5.74) is 31.4. The molecule has 0 saturated carbocycles. The molecule has 0 aliphatic carbocycles. The molecular weight excluding hydrogens is 2010 g/mol. The highest BCUT2D eigenvalue weighted by atomic mass is 35.5. The van der Waals surface area contributed by atoms with Gasteiger partial charge in [-0.15, -0.1) is 0 Å². The average molecular weight is 2110 g/mol. The zero-order valence-corrected chi connectivity index (χ0v) is 80.5. The first kappa shape index (κ1) is 108. The van der Waals surface area contributed by atoms with Gasteiger partial charge < -0.3 is 99.8 Å². The summed E-state index contributed by atoms with van der Waals surface area (Å²) in [6.45, 7) is 4.87. The number of nitrogen functional groups attached to an aromatic ring is 4. The lowest BCUT2D eigenvalue weighted by atomic mass is 9.84. The molecule has 144 heavy (non-hydrogen) atoms. The van der Waals surface area contributed by atoms with Crippen LogP contribution in [0.1, 0.15) is 107 Å². The lowest BCUT2D eigenvalue weighted by Crippen LogP contribution is -2.62. The fourth-order valence-corrected chi connectivity index (χ4v) is 20.4. The molecule has 16 N–H and O–H groups in total. The number of anilines is 12. The van der Waals surface area contributed by atoms with E-state index in [1.165, 1.54) is 52.5 Å². The molecule has 0 unspecified atom stereocenters. The van der Waals surface area contributed by atoms with E-state index in [1.54, 1.807) is 55.3 Å². The van der Waals surface area contributed by atoms with Gasteiger partial charge in [-0.1, -0.05) is 53.3 Å². The van der Waals surface area contributed by atoms with Crippen LogP contribution in [0.4, 0.5) is 131 Å². The van der Waals surface area contributed by atoms with Crippen molar-refractivity contribution in [2.45, 2.75) is 157 Å². The van der Waals surface area contributed by atoms with Gasteiger partial charge in [-0.2, -0.15) is 57.1 Å². The summed E-state index contributed by atoms with van der Waals surface area (Å²) in [5, 5.41) is 11.5. The molecule has 12 heterocycles. The third kappa shape index (κ3) is 25.6. The lowest BCUT2D eigenvalue weighted by Gasteiger charge is -2.47. The topological polar surface area (TPSA) is 473 Å². The highest BCUT2D eigenvalue weighted by Gasteiger charge is 2.50. The zero-order valence-electron chi connectivity index (χ0n) is 77.5. The van der Waals surface area contributed by atoms with Crippen molar-refractivity contribution in [1.82, 2.24) is 64.4 Å². The van der Waals surface area contributed by atoms with E-state index in [9.17, 15) is 99.8 Å². The molecule has 53 heteroatoms. The van der Waals surface area contributed by atoms with Crippen molar-refractivity contribution in [2.24, 2.45) is 35.1 Å². The number of likely N-dealkylation sites (tertiary alicyclic amines) is 4. The van der Waals surface area contributed by atoms with Crippen molar-refractivity contribution in [3.05, 3.63) is 164 Å². The van der Waals surface area contributed by atoms with Crippen LogP contribution in [0.5, 0.6) is 0 Å². The number of amides is 7. The summed E-state index contributed by atoms with van der Waals surface area (Å²) in [5.74, 6) is -9.90. The predicted octanol–water partition coefficient (Wildman–Crippen LogP) is 11.8. The van der Waals surface area contributed by atoms with Crippen LogP contribution in [-0.4, -0.2) is 252 Å². The second-order valence-electron chi connectivity index (χ2n) is 35.9. The Balaban J connectivity index is 0.000000161. The fraction of sp³-hybridized carbons (Fsp3) is 0.473. The monoisotopic (exact) mass is 2110 g/mol. The smallest absolute Gasteiger partial charge is 0.381 e. The van der Waals surface area contributed by atoms with Gasteiger partial charge in [0.15, 0.2) is 46.5 Å². The lowest BCUT2D eigenvalue weighted by molar-refractivity contribution is -0.144. The van der Waals surface area contributed by atoms with Crippen molar-refractivity contribution in [3.63, 3.8) is 0 Å². The quantitative estimate of drug-likeness (QED) is 0.0299. The maximum atomic E-state index is 14.7. The van der Waals surface area contributed by atoms with Gasteiger partial charge >= 0.3 is 18.5 Å². The number of primary amides is 2. The van der Waals surface area contributed by atoms with Crippen LogP contribution >= 0.6 is 46.4 Å². The van der Waals surface area contributed by atoms with E-state index in [-0.39, 0.29) is 159 Å². The van der Waals surface area contributed by atoms with Gasteiger partial charge in [0.05, 0.1) is 58.6 Å². The number of hydrogen-bond acceptors (Lipinski definition) is 28. The average Bonchev–Trinajstić information content (AvgIpc) is 0.781. The number of nitrogens with zero attached hydrogens (tertiary/aromatic N) is 17. The molecule has 776 valence electrons. The number of carbonyl (C=O) groups is 8. The number of rotatable bonds is 21. The van der Waals surface area contributed by atoms with E-state index in [2.05, 4.69) is 61.1 Å². The van der Waals surface area contributed by atoms with Crippen LogP contribution in [-0.2, 0) is 56.9 Å². The van der Waals surface area contributed by atoms with E-state index in [1.807, 2.05) is 0 Å². The molecular formula is C91H103Cl4F14N27O8.